The van der Waals surface area contributed by atoms with Crippen molar-refractivity contribution >= 4 is 31.9 Å². The third kappa shape index (κ3) is 4.17. The van der Waals surface area contributed by atoms with E-state index in [0.29, 0.717) is 12.5 Å². The summed E-state index contributed by atoms with van der Waals surface area (Å²) in [5.74, 6) is 0.435. The van der Waals surface area contributed by atoms with Crippen molar-refractivity contribution in [1.82, 2.24) is 4.98 Å². The monoisotopic (exact) mass is 357 g/mol. The Morgan fingerprint density at radius 3 is 2.83 bits per heavy atom. The van der Waals surface area contributed by atoms with Crippen molar-refractivity contribution in [2.45, 2.75) is 17.7 Å². The minimum atomic E-state index is -3.50. The lowest BCUT2D eigenvalue weighted by Crippen LogP contribution is -2.04. The summed E-state index contributed by atoms with van der Waals surface area (Å²) >= 11 is 0.831. The molecule has 2 aromatic rings. The Bertz CT molecular complexity index is 817. The fourth-order valence-electron chi connectivity index (χ4n) is 1.81. The predicted octanol–water partition coefficient (Wildman–Crippen LogP) is 2.47. The maximum absolute atomic E-state index is 11.6. The van der Waals surface area contributed by atoms with Crippen molar-refractivity contribution in [3.8, 4) is 5.88 Å². The minimum Gasteiger partial charge on any atom is -0.478 e. The number of nitrogens with one attached hydrogen (secondary N) is 1. The molecule has 0 unspecified atom stereocenters. The number of hydrogen-bond donors (Lipinski definition) is 1. The molecule has 2 rings (SSSR count). The van der Waals surface area contributed by atoms with Crippen molar-refractivity contribution in [2.75, 3.05) is 18.2 Å². The second-order valence-electron chi connectivity index (χ2n) is 4.56. The SMILES string of the molecule is CCOc1ncccc1CNc1sc(S(C)(=O)=O)cc1[N+](=O)[O-]. The van der Waals surface area contributed by atoms with Crippen LogP contribution >= 0.6 is 11.3 Å². The second kappa shape index (κ2) is 6.92. The van der Waals surface area contributed by atoms with E-state index < -0.39 is 14.8 Å². The van der Waals surface area contributed by atoms with E-state index in [9.17, 15) is 18.5 Å². The Kier molecular flexibility index (Phi) is 5.16. The first-order valence-electron chi connectivity index (χ1n) is 6.61. The van der Waals surface area contributed by atoms with Crippen molar-refractivity contribution in [2.24, 2.45) is 0 Å². The smallest absolute Gasteiger partial charge is 0.304 e. The van der Waals surface area contributed by atoms with Crippen LogP contribution in [0.1, 0.15) is 12.5 Å². The number of sulfone groups is 1. The summed E-state index contributed by atoms with van der Waals surface area (Å²) < 4.78 is 28.5. The van der Waals surface area contributed by atoms with Gasteiger partial charge in [-0.25, -0.2) is 13.4 Å². The summed E-state index contributed by atoms with van der Waals surface area (Å²) in [6.45, 7) is 2.50. The first-order chi connectivity index (χ1) is 10.8. The molecule has 124 valence electrons. The van der Waals surface area contributed by atoms with E-state index in [0.717, 1.165) is 29.2 Å². The van der Waals surface area contributed by atoms with Crippen LogP contribution in [0.2, 0.25) is 0 Å². The van der Waals surface area contributed by atoms with E-state index in [2.05, 4.69) is 10.3 Å². The fourth-order valence-corrected chi connectivity index (χ4v) is 3.74. The zero-order valence-corrected chi connectivity index (χ0v) is 14.1. The highest BCUT2D eigenvalue weighted by Crippen LogP contribution is 2.37. The van der Waals surface area contributed by atoms with Crippen LogP contribution in [0.4, 0.5) is 10.7 Å². The highest BCUT2D eigenvalue weighted by Gasteiger charge is 2.23. The van der Waals surface area contributed by atoms with Crippen LogP contribution in [-0.2, 0) is 16.4 Å². The van der Waals surface area contributed by atoms with Gasteiger partial charge in [-0.15, -0.1) is 0 Å². The molecule has 2 aromatic heterocycles. The third-order valence-electron chi connectivity index (χ3n) is 2.82. The maximum Gasteiger partial charge on any atom is 0.304 e. The molecule has 0 bridgehead atoms. The number of hydrogen-bond acceptors (Lipinski definition) is 8. The summed E-state index contributed by atoms with van der Waals surface area (Å²) in [5, 5.41) is 14.2. The lowest BCUT2D eigenvalue weighted by atomic mass is 10.2. The van der Waals surface area contributed by atoms with Crippen molar-refractivity contribution < 1.29 is 18.1 Å². The molecule has 0 aliphatic heterocycles. The van der Waals surface area contributed by atoms with Gasteiger partial charge in [0.25, 0.3) is 0 Å². The molecule has 0 amide bonds. The molecule has 8 nitrogen and oxygen atoms in total. The average Bonchev–Trinajstić information content (AvgIpc) is 2.91. The first-order valence-corrected chi connectivity index (χ1v) is 9.32. The van der Waals surface area contributed by atoms with Gasteiger partial charge in [-0.2, -0.15) is 0 Å². The van der Waals surface area contributed by atoms with Gasteiger partial charge in [0.1, 0.15) is 4.21 Å². The maximum atomic E-state index is 11.6. The van der Waals surface area contributed by atoms with Crippen LogP contribution < -0.4 is 10.1 Å². The molecular formula is C13H15N3O5S2. The van der Waals surface area contributed by atoms with E-state index >= 15 is 0 Å². The Balaban J connectivity index is 2.27. The van der Waals surface area contributed by atoms with Gasteiger partial charge in [-0.3, -0.25) is 10.1 Å². The van der Waals surface area contributed by atoms with E-state index in [-0.39, 0.29) is 21.4 Å². The number of nitrogens with zero attached hydrogens (tertiary/aromatic N) is 2. The molecule has 10 heteroatoms. The predicted molar refractivity (Wildman–Crippen MR) is 86.8 cm³/mol. The van der Waals surface area contributed by atoms with Crippen LogP contribution in [0.15, 0.2) is 28.6 Å². The van der Waals surface area contributed by atoms with Crippen LogP contribution in [0.3, 0.4) is 0 Å². The van der Waals surface area contributed by atoms with Crippen LogP contribution in [-0.4, -0.2) is 31.2 Å². The Labute approximate surface area is 137 Å². The number of rotatable bonds is 7. The Morgan fingerprint density at radius 1 is 1.48 bits per heavy atom. The molecule has 0 saturated carbocycles. The number of pyridine rings is 1. The number of aromatic nitrogens is 1. The minimum absolute atomic E-state index is 0.0529. The van der Waals surface area contributed by atoms with Crippen molar-refractivity contribution in [3.63, 3.8) is 0 Å². The van der Waals surface area contributed by atoms with Crippen molar-refractivity contribution in [1.29, 1.82) is 0 Å². The molecule has 0 fully saturated rings. The Hall–Kier alpha value is -2.20. The van der Waals surface area contributed by atoms with E-state index in [1.165, 1.54) is 0 Å². The van der Waals surface area contributed by atoms with Crippen LogP contribution in [0.25, 0.3) is 0 Å². The summed E-state index contributed by atoms with van der Waals surface area (Å²) in [6, 6.07) is 4.57. The van der Waals surface area contributed by atoms with E-state index in [4.69, 9.17) is 4.74 Å². The molecule has 1 N–H and O–H groups in total. The van der Waals surface area contributed by atoms with E-state index in [1.54, 1.807) is 18.3 Å². The molecule has 0 spiro atoms. The van der Waals surface area contributed by atoms with Gasteiger partial charge in [0.15, 0.2) is 14.8 Å². The molecule has 0 aromatic carbocycles. The van der Waals surface area contributed by atoms with Gasteiger partial charge in [0.2, 0.25) is 5.88 Å². The second-order valence-corrected chi connectivity index (χ2v) is 7.86. The zero-order chi connectivity index (χ0) is 17.0. The van der Waals surface area contributed by atoms with Crippen LogP contribution in [0, 0.1) is 10.1 Å². The van der Waals surface area contributed by atoms with Crippen molar-refractivity contribution in [3.05, 3.63) is 40.1 Å². The number of nitro groups is 1. The first kappa shape index (κ1) is 17.2. The molecule has 0 radical (unpaired) electrons. The molecular weight excluding hydrogens is 342 g/mol. The summed E-state index contributed by atoms with van der Waals surface area (Å²) in [6.07, 6.45) is 2.60. The zero-order valence-electron chi connectivity index (χ0n) is 12.5. The number of anilines is 1. The fraction of sp³-hybridized carbons (Fsp3) is 0.308. The third-order valence-corrected chi connectivity index (χ3v) is 5.71. The highest BCUT2D eigenvalue weighted by molar-refractivity contribution is 7.92. The molecule has 2 heterocycles. The lowest BCUT2D eigenvalue weighted by Gasteiger charge is -2.09. The molecule has 0 saturated heterocycles. The summed E-state index contributed by atoms with van der Waals surface area (Å²) in [7, 11) is -3.50. The van der Waals surface area contributed by atoms with Gasteiger partial charge < -0.3 is 10.1 Å². The van der Waals surface area contributed by atoms with Gasteiger partial charge in [-0.1, -0.05) is 17.4 Å². The van der Waals surface area contributed by atoms with Crippen LogP contribution in [0.5, 0.6) is 5.88 Å². The number of thiophene rings is 1. The number of ether oxygens (including phenoxy) is 1. The van der Waals surface area contributed by atoms with Gasteiger partial charge in [-0.05, 0) is 13.0 Å². The Morgan fingerprint density at radius 2 is 2.22 bits per heavy atom. The lowest BCUT2D eigenvalue weighted by molar-refractivity contribution is -0.383. The summed E-state index contributed by atoms with van der Waals surface area (Å²) in [5.41, 5.74) is 0.454. The molecule has 23 heavy (non-hydrogen) atoms. The summed E-state index contributed by atoms with van der Waals surface area (Å²) in [4.78, 5) is 14.6. The molecule has 0 atom stereocenters. The highest BCUT2D eigenvalue weighted by atomic mass is 32.2. The van der Waals surface area contributed by atoms with Gasteiger partial charge >= 0.3 is 5.69 Å². The van der Waals surface area contributed by atoms with E-state index in [1.807, 2.05) is 6.92 Å². The normalized spacial score (nSPS) is 11.2. The molecule has 0 aliphatic carbocycles. The standard InChI is InChI=1S/C13H15N3O5S2/c1-3-21-12-9(5-4-6-14-12)8-15-13-10(16(17)18)7-11(22-13)23(2,19)20/h4-7,15H,3,8H2,1-2H3. The topological polar surface area (TPSA) is 111 Å². The van der Waals surface area contributed by atoms with Gasteiger partial charge in [0.05, 0.1) is 11.5 Å². The molecule has 0 aliphatic rings. The average molecular weight is 357 g/mol. The van der Waals surface area contributed by atoms with Gasteiger partial charge in [0, 0.05) is 30.6 Å². The largest absolute Gasteiger partial charge is 0.478 e. The quantitative estimate of drug-likeness (QED) is 0.598.